The van der Waals surface area contributed by atoms with Crippen molar-refractivity contribution >= 4 is 14.5 Å². The van der Waals surface area contributed by atoms with Gasteiger partial charge in [0.25, 0.3) is 0 Å². The molecule has 0 heterocycles. The number of benzene rings is 2. The van der Waals surface area contributed by atoms with Crippen molar-refractivity contribution in [1.82, 2.24) is 5.09 Å². The van der Waals surface area contributed by atoms with Crippen LogP contribution >= 0.6 is 8.53 Å². The molecule has 2 aromatic rings. The quantitative estimate of drug-likeness (QED) is 0.200. The molecular weight excluding hydrogens is 420 g/mol. The molecular formula is C18H17F5NO4P. The standard InChI is InChI=1S/C18H17F5NO4P/c1-10(2)9-26-12(25)8-24-29(27-11-6-4-3-5-7-11)28-18-16(22)14(20)13(19)15(21)17(18)23/h3-7,10,24H,8-9H2,1-2H3. The first kappa shape index (κ1) is 22.8. The van der Waals surface area contributed by atoms with Crippen LogP contribution in [0.25, 0.3) is 0 Å². The molecule has 5 nitrogen and oxygen atoms in total. The molecule has 0 fully saturated rings. The minimum Gasteiger partial charge on any atom is -0.464 e. The molecule has 2 rings (SSSR count). The van der Waals surface area contributed by atoms with E-state index < -0.39 is 55.9 Å². The first-order chi connectivity index (χ1) is 13.7. The highest BCUT2D eigenvalue weighted by molar-refractivity contribution is 7.45. The SMILES string of the molecule is CC(C)COC(=O)CNP(Oc1ccccc1)Oc1c(F)c(F)c(F)c(F)c1F. The fourth-order valence-corrected chi connectivity index (χ4v) is 2.91. The molecule has 0 radical (unpaired) electrons. The van der Waals surface area contributed by atoms with Crippen LogP contribution in [0.2, 0.25) is 0 Å². The lowest BCUT2D eigenvalue weighted by Crippen LogP contribution is -2.25. The number of para-hydroxylation sites is 1. The third kappa shape index (κ3) is 6.27. The number of carbonyl (C=O) groups is 1. The van der Waals surface area contributed by atoms with Crippen LogP contribution in [0.4, 0.5) is 22.0 Å². The fraction of sp³-hybridized carbons (Fsp3) is 0.278. The maximum absolute atomic E-state index is 13.9. The largest absolute Gasteiger partial charge is 0.464 e. The van der Waals surface area contributed by atoms with E-state index in [2.05, 4.69) is 5.09 Å². The van der Waals surface area contributed by atoms with Gasteiger partial charge >= 0.3 is 14.5 Å². The highest BCUT2D eigenvalue weighted by Gasteiger charge is 2.30. The molecule has 1 N–H and O–H groups in total. The van der Waals surface area contributed by atoms with Crippen molar-refractivity contribution in [2.24, 2.45) is 5.92 Å². The van der Waals surface area contributed by atoms with Crippen LogP contribution in [0.3, 0.4) is 0 Å². The molecule has 0 aliphatic heterocycles. The zero-order chi connectivity index (χ0) is 21.6. The van der Waals surface area contributed by atoms with E-state index in [9.17, 15) is 26.7 Å². The lowest BCUT2D eigenvalue weighted by atomic mass is 10.2. The zero-order valence-electron chi connectivity index (χ0n) is 15.3. The summed E-state index contributed by atoms with van der Waals surface area (Å²) in [5.41, 5.74) is 0. The smallest absolute Gasteiger partial charge is 0.382 e. The van der Waals surface area contributed by atoms with Crippen LogP contribution in [-0.2, 0) is 9.53 Å². The van der Waals surface area contributed by atoms with Gasteiger partial charge in [0.15, 0.2) is 0 Å². The molecule has 1 atom stereocenters. The Labute approximate surface area is 164 Å². The van der Waals surface area contributed by atoms with Gasteiger partial charge in [-0.1, -0.05) is 32.0 Å². The van der Waals surface area contributed by atoms with Crippen molar-refractivity contribution in [3.8, 4) is 11.5 Å². The van der Waals surface area contributed by atoms with Crippen LogP contribution in [0.5, 0.6) is 11.5 Å². The molecule has 158 valence electrons. The minimum atomic E-state index is -2.53. The molecule has 0 saturated carbocycles. The van der Waals surface area contributed by atoms with E-state index in [0.29, 0.717) is 0 Å². The van der Waals surface area contributed by atoms with Crippen LogP contribution in [0.15, 0.2) is 30.3 Å². The van der Waals surface area contributed by atoms with Crippen molar-refractivity contribution in [1.29, 1.82) is 0 Å². The molecule has 1 unspecified atom stereocenters. The van der Waals surface area contributed by atoms with Gasteiger partial charge < -0.3 is 13.8 Å². The summed E-state index contributed by atoms with van der Waals surface area (Å²) in [6.45, 7) is 3.29. The van der Waals surface area contributed by atoms with Gasteiger partial charge in [-0.25, -0.2) is 18.3 Å². The summed E-state index contributed by atoms with van der Waals surface area (Å²) in [4.78, 5) is 11.7. The summed E-state index contributed by atoms with van der Waals surface area (Å²) in [6.07, 6.45) is 0. The summed E-state index contributed by atoms with van der Waals surface area (Å²) >= 11 is 0. The number of esters is 1. The summed E-state index contributed by atoms with van der Waals surface area (Å²) < 4.78 is 83.0. The number of nitrogens with one attached hydrogen (secondary N) is 1. The van der Waals surface area contributed by atoms with Crippen LogP contribution in [-0.4, -0.2) is 19.1 Å². The van der Waals surface area contributed by atoms with E-state index in [1.165, 1.54) is 12.1 Å². The van der Waals surface area contributed by atoms with E-state index in [1.54, 1.807) is 18.2 Å². The third-order valence-corrected chi connectivity index (χ3v) is 4.35. The van der Waals surface area contributed by atoms with Crippen LogP contribution in [0.1, 0.15) is 13.8 Å². The second kappa shape index (κ2) is 10.4. The van der Waals surface area contributed by atoms with Gasteiger partial charge in [-0.2, -0.15) is 8.78 Å². The molecule has 0 amide bonds. The Hall–Kier alpha value is -2.45. The number of ether oxygens (including phenoxy) is 1. The van der Waals surface area contributed by atoms with Gasteiger partial charge in [-0.3, -0.25) is 4.79 Å². The Bertz CT molecular complexity index is 825. The van der Waals surface area contributed by atoms with E-state index in [4.69, 9.17) is 13.8 Å². The average molecular weight is 437 g/mol. The number of halogens is 5. The Balaban J connectivity index is 2.21. The summed E-state index contributed by atoms with van der Waals surface area (Å²) in [6, 6.07) is 7.76. The summed E-state index contributed by atoms with van der Waals surface area (Å²) in [5, 5.41) is 2.42. The van der Waals surface area contributed by atoms with Gasteiger partial charge in [0.2, 0.25) is 34.8 Å². The molecule has 29 heavy (non-hydrogen) atoms. The highest BCUT2D eigenvalue weighted by atomic mass is 31.2. The number of rotatable bonds is 9. The topological polar surface area (TPSA) is 56.8 Å². The van der Waals surface area contributed by atoms with E-state index in [1.807, 2.05) is 13.8 Å². The van der Waals surface area contributed by atoms with Crippen molar-refractivity contribution < 1.29 is 40.5 Å². The Morgan fingerprint density at radius 2 is 1.48 bits per heavy atom. The second-order valence-electron chi connectivity index (χ2n) is 6.06. The van der Waals surface area contributed by atoms with E-state index in [0.717, 1.165) is 0 Å². The predicted octanol–water partition coefficient (Wildman–Crippen LogP) is 4.86. The van der Waals surface area contributed by atoms with E-state index in [-0.39, 0.29) is 18.3 Å². The molecule has 0 saturated heterocycles. The Morgan fingerprint density at radius 3 is 2.03 bits per heavy atom. The van der Waals surface area contributed by atoms with Crippen molar-refractivity contribution in [3.05, 3.63) is 59.4 Å². The fourth-order valence-electron chi connectivity index (χ4n) is 1.85. The molecule has 2 aromatic carbocycles. The minimum absolute atomic E-state index is 0.0747. The lowest BCUT2D eigenvalue weighted by Gasteiger charge is -2.19. The first-order valence-electron chi connectivity index (χ1n) is 8.32. The van der Waals surface area contributed by atoms with Crippen LogP contribution < -0.4 is 14.1 Å². The third-order valence-electron chi connectivity index (χ3n) is 3.21. The van der Waals surface area contributed by atoms with Gasteiger partial charge in [0, 0.05) is 0 Å². The Morgan fingerprint density at radius 1 is 0.931 bits per heavy atom. The first-order valence-corrected chi connectivity index (χ1v) is 9.50. The molecule has 0 aliphatic carbocycles. The molecule has 0 spiro atoms. The Kier molecular flexibility index (Phi) is 8.16. The normalized spacial score (nSPS) is 12.0. The maximum Gasteiger partial charge on any atom is 0.382 e. The van der Waals surface area contributed by atoms with Crippen molar-refractivity contribution in [2.75, 3.05) is 13.2 Å². The maximum atomic E-state index is 13.9. The van der Waals surface area contributed by atoms with Gasteiger partial charge in [-0.05, 0) is 18.1 Å². The average Bonchev–Trinajstić information content (AvgIpc) is 2.71. The van der Waals surface area contributed by atoms with Gasteiger partial charge in [0.05, 0.1) is 6.61 Å². The van der Waals surface area contributed by atoms with Gasteiger partial charge in [-0.15, -0.1) is 0 Å². The van der Waals surface area contributed by atoms with Gasteiger partial charge in [0.1, 0.15) is 12.3 Å². The predicted molar refractivity (Wildman–Crippen MR) is 94.6 cm³/mol. The lowest BCUT2D eigenvalue weighted by molar-refractivity contribution is -0.143. The van der Waals surface area contributed by atoms with Crippen LogP contribution in [0, 0.1) is 35.0 Å². The summed E-state index contributed by atoms with van der Waals surface area (Å²) in [7, 11) is -2.53. The molecule has 0 aromatic heterocycles. The second-order valence-corrected chi connectivity index (χ2v) is 7.26. The number of hydrogen-bond donors (Lipinski definition) is 1. The molecule has 0 bridgehead atoms. The number of hydrogen-bond acceptors (Lipinski definition) is 5. The van der Waals surface area contributed by atoms with E-state index >= 15 is 0 Å². The molecule has 11 heteroatoms. The molecule has 0 aliphatic rings. The highest BCUT2D eigenvalue weighted by Crippen LogP contribution is 2.40. The van der Waals surface area contributed by atoms with Crippen molar-refractivity contribution in [3.63, 3.8) is 0 Å². The number of carbonyl (C=O) groups excluding carboxylic acids is 1. The monoisotopic (exact) mass is 437 g/mol. The van der Waals surface area contributed by atoms with Crippen molar-refractivity contribution in [2.45, 2.75) is 13.8 Å². The summed E-state index contributed by atoms with van der Waals surface area (Å²) in [5.74, 6) is -12.9. The zero-order valence-corrected chi connectivity index (χ0v) is 16.2.